The van der Waals surface area contributed by atoms with Crippen LogP contribution in [-0.2, 0) is 108 Å². The highest BCUT2D eigenvalue weighted by atomic mass is 19.2. The van der Waals surface area contributed by atoms with Gasteiger partial charge in [-0.2, -0.15) is 0 Å². The SMILES string of the molecule is CC(C)(F)C[C@H](NC(=O)OC(C)(C)C)C(=O)O.COC(=O)[C@@H](N)C[C@@H]1CCCNC1=O.COC(=O)[C@H](C[C@@H]1CCCNC1=O)NC(=O)[C@@H](N)CC(C)(C)F.COC(=O)[C@H](C[C@@H]1CCCNC1=O)NC(=O)[C@H](CC(C)(C)F)NC(=O)C1=Cc2c(cccc2OC)C1.COC(=O)[C@H](C[C@@H]1CCCNC1=O)NC(=O)[C@H](CC(C)(C)F)NC(=O)OC(C)(C)C.COc1cccc2c1C=C(C(=O)O)C2. The smallest absolute Gasteiger partial charge is 0.408 e. The number of alkyl carbamates (subject to hydrolysis) is 2. The summed E-state index contributed by atoms with van der Waals surface area (Å²) in [5.41, 5.74) is 7.30. The largest absolute Gasteiger partial charge is 0.496 e. The molecule has 134 heavy (non-hydrogen) atoms. The molecule has 16 N–H and O–H groups in total. The summed E-state index contributed by atoms with van der Waals surface area (Å²) < 4.78 is 95.1. The van der Waals surface area contributed by atoms with Gasteiger partial charge in [0.1, 0.15) is 87.7 Å². The van der Waals surface area contributed by atoms with Gasteiger partial charge in [-0.05, 0) is 209 Å². The first kappa shape index (κ1) is 116. The fourth-order valence-corrected chi connectivity index (χ4v) is 14.7. The fourth-order valence-electron chi connectivity index (χ4n) is 14.7. The minimum absolute atomic E-state index is 0.00407. The molecule has 8 rings (SSSR count). The van der Waals surface area contributed by atoms with E-state index in [2.05, 4.69) is 62.6 Å². The minimum atomic E-state index is -1.78. The van der Waals surface area contributed by atoms with Gasteiger partial charge >= 0.3 is 48.0 Å². The van der Waals surface area contributed by atoms with Gasteiger partial charge in [-0.3, -0.25) is 43.2 Å². The van der Waals surface area contributed by atoms with Crippen LogP contribution in [0.15, 0.2) is 47.5 Å². The second-order valence-electron chi connectivity index (χ2n) is 37.5. The van der Waals surface area contributed by atoms with Crippen molar-refractivity contribution in [1.82, 2.24) is 53.2 Å². The molecule has 2 aromatic carbocycles. The van der Waals surface area contributed by atoms with E-state index in [-0.39, 0.29) is 80.4 Å². The average molecular weight is 1910 g/mol. The number of alkyl halides is 4. The number of nitrogens with two attached hydrogens (primary N) is 2. The van der Waals surface area contributed by atoms with Gasteiger partial charge in [-0.1, -0.05) is 24.3 Å². The summed E-state index contributed by atoms with van der Waals surface area (Å²) in [7, 11) is 7.98. The van der Waals surface area contributed by atoms with Crippen LogP contribution >= 0.6 is 0 Å². The first-order valence-electron chi connectivity index (χ1n) is 44.2. The lowest BCUT2D eigenvalue weighted by Crippen LogP contribution is -2.55. The molecule has 0 unspecified atom stereocenters. The van der Waals surface area contributed by atoms with E-state index in [9.17, 15) is 94.3 Å². The Bertz CT molecular complexity index is 4430. The number of rotatable bonds is 34. The van der Waals surface area contributed by atoms with Crippen molar-refractivity contribution < 1.29 is 142 Å². The summed E-state index contributed by atoms with van der Waals surface area (Å²) in [5, 5.41) is 43.3. The van der Waals surface area contributed by atoms with Gasteiger partial charge in [-0.15, -0.1) is 0 Å². The van der Waals surface area contributed by atoms with Gasteiger partial charge in [0.25, 0.3) is 0 Å². The van der Waals surface area contributed by atoms with Crippen LogP contribution in [0.3, 0.4) is 0 Å². The lowest BCUT2D eigenvalue weighted by Gasteiger charge is -2.29. The van der Waals surface area contributed by atoms with E-state index in [4.69, 9.17) is 50.1 Å². The summed E-state index contributed by atoms with van der Waals surface area (Å²) in [6.45, 7) is 22.7. The van der Waals surface area contributed by atoms with Crippen LogP contribution in [0, 0.1) is 23.7 Å². The van der Waals surface area contributed by atoms with Gasteiger partial charge in [0, 0.05) is 111 Å². The van der Waals surface area contributed by atoms with Crippen LogP contribution < -0.4 is 74.1 Å². The zero-order valence-electron chi connectivity index (χ0n) is 80.5. The Morgan fingerprint density at radius 1 is 0.396 bits per heavy atom. The lowest BCUT2D eigenvalue weighted by atomic mass is 9.91. The maximum atomic E-state index is 14.6. The Hall–Kier alpha value is -11.7. The Balaban J connectivity index is 0.000000429. The summed E-state index contributed by atoms with van der Waals surface area (Å²) in [4.78, 5) is 191. The van der Waals surface area contributed by atoms with E-state index in [0.29, 0.717) is 75.1 Å². The van der Waals surface area contributed by atoms with E-state index >= 15 is 0 Å². The molecule has 42 heteroatoms. The van der Waals surface area contributed by atoms with Crippen molar-refractivity contribution in [2.75, 3.05) is 68.8 Å². The van der Waals surface area contributed by atoms with Crippen molar-refractivity contribution in [3.63, 3.8) is 0 Å². The van der Waals surface area contributed by atoms with E-state index in [1.165, 1.54) is 83.8 Å². The third-order valence-electron chi connectivity index (χ3n) is 21.1. The number of fused-ring (bicyclic) bond motifs is 2. The molecule has 0 saturated carbocycles. The van der Waals surface area contributed by atoms with Crippen LogP contribution in [0.4, 0.5) is 27.2 Å². The minimum Gasteiger partial charge on any atom is -0.496 e. The van der Waals surface area contributed by atoms with Gasteiger partial charge in [0.2, 0.25) is 47.3 Å². The van der Waals surface area contributed by atoms with Crippen LogP contribution in [0.1, 0.15) is 222 Å². The maximum absolute atomic E-state index is 14.6. The van der Waals surface area contributed by atoms with Gasteiger partial charge in [0.05, 0.1) is 48.7 Å². The fraction of sp³-hybridized carbons (Fsp3) is 0.652. The molecule has 4 saturated heterocycles. The molecule has 6 aliphatic rings. The third-order valence-corrected chi connectivity index (χ3v) is 21.1. The zero-order chi connectivity index (χ0) is 102. The Kier molecular flexibility index (Phi) is 46.9. The number of ether oxygens (including phenoxy) is 8. The number of hydrogen-bond donors (Lipinski definition) is 14. The number of carboxylic acids is 2. The normalized spacial score (nSPS) is 18.6. The number of piperidine rings is 4. The number of aliphatic carboxylic acids is 2. The molecule has 38 nitrogen and oxygen atoms in total. The Morgan fingerprint density at radius 2 is 0.701 bits per heavy atom. The lowest BCUT2D eigenvalue weighted by molar-refractivity contribution is -0.147. The van der Waals surface area contributed by atoms with E-state index in [1.54, 1.807) is 74.0 Å². The van der Waals surface area contributed by atoms with Crippen molar-refractivity contribution >= 4 is 107 Å². The Morgan fingerprint density at radius 3 is 1.01 bits per heavy atom. The molecule has 0 spiro atoms. The van der Waals surface area contributed by atoms with Crippen molar-refractivity contribution in [2.24, 2.45) is 35.1 Å². The van der Waals surface area contributed by atoms with Crippen LogP contribution in [0.25, 0.3) is 12.2 Å². The van der Waals surface area contributed by atoms with Crippen molar-refractivity contribution in [1.29, 1.82) is 0 Å². The number of hydrogen-bond acceptors (Lipinski definition) is 26. The number of carbonyl (C=O) groups is 16. The number of carbonyl (C=O) groups excluding carboxylic acids is 14. The van der Waals surface area contributed by atoms with Gasteiger partial charge in [-0.25, -0.2) is 51.1 Å². The van der Waals surface area contributed by atoms with Crippen molar-refractivity contribution in [3.8, 4) is 11.5 Å². The van der Waals surface area contributed by atoms with E-state index < -0.39 is 166 Å². The summed E-state index contributed by atoms with van der Waals surface area (Å²) in [6, 6.07) is 2.32. The Labute approximate surface area is 779 Å². The molecule has 0 aromatic heterocycles. The summed E-state index contributed by atoms with van der Waals surface area (Å²) in [5.74, 6) is -7.95. The van der Waals surface area contributed by atoms with Crippen molar-refractivity contribution in [3.05, 3.63) is 69.8 Å². The molecular weight excluding hydrogens is 1770 g/mol. The van der Waals surface area contributed by atoms with Crippen LogP contribution in [0.2, 0.25) is 0 Å². The molecule has 4 fully saturated rings. The van der Waals surface area contributed by atoms with Gasteiger partial charge < -0.3 is 113 Å². The molecule has 4 aliphatic heterocycles. The van der Waals surface area contributed by atoms with Gasteiger partial charge in [0.15, 0.2) is 0 Å². The van der Waals surface area contributed by atoms with Crippen LogP contribution in [0.5, 0.6) is 11.5 Å². The topological polar surface area (TPSA) is 560 Å². The van der Waals surface area contributed by atoms with Crippen molar-refractivity contribution in [2.45, 2.75) is 295 Å². The van der Waals surface area contributed by atoms with E-state index in [0.717, 1.165) is 66.7 Å². The molecule has 2 aliphatic carbocycles. The number of carboxylic acid groups (broad SMARTS) is 2. The number of amides is 10. The molecule has 752 valence electrons. The first-order valence-corrected chi connectivity index (χ1v) is 44.2. The number of benzene rings is 2. The van der Waals surface area contributed by atoms with Crippen LogP contribution in [-0.4, -0.2) is 257 Å². The zero-order valence-corrected chi connectivity index (χ0v) is 80.5. The average Bonchev–Trinajstić information content (AvgIpc) is 1.65. The highest BCUT2D eigenvalue weighted by Crippen LogP contribution is 2.35. The molecular formula is C92H140F4N12O26. The molecule has 2 aromatic rings. The molecule has 0 bridgehead atoms. The molecule has 0 radical (unpaired) electrons. The molecule has 12 atom stereocenters. The first-order chi connectivity index (χ1) is 62.1. The quantitative estimate of drug-likeness (QED) is 0.0197. The highest BCUT2D eigenvalue weighted by Gasteiger charge is 2.41. The molecule has 4 heterocycles. The molecule has 10 amide bonds. The second-order valence-corrected chi connectivity index (χ2v) is 37.5. The number of nitrogens with one attached hydrogen (secondary N) is 10. The number of esters is 4. The number of methoxy groups -OCH3 is 6. The highest BCUT2D eigenvalue weighted by molar-refractivity contribution is 6.03. The third kappa shape index (κ3) is 43.5. The standard InChI is InChI=1S/C26H34FN3O6.C20H34FN3O6.C15H26FN3O4.C11H20FNO4.C11H10O3.C9H16N2O3/c1-26(2,27)14-20(30-23(32)17-11-15-7-5-9-21(35-3)18(15)12-17)24(33)29-19(25(34)36-4)13-16-8-6-10-28-22(16)31;1-19(2,3)30-18(28)24-14(11-20(4,5)21)16(26)23-13(17(27)29-6)10-12-8-7-9-22-15(12)25;1-15(2,16)8-10(17)13(21)19-11(14(22)23-3)7-9-5-4-6-18-12(9)20;1-10(2,3)17-9(16)13-7(8(14)15)6-11(4,5)12;1-14-10-4-2-3-7-5-8(11(12)13)6-9(7)10;1-14-9(13)7(10)5-6-3-2-4-11-8(6)12/h5,7,9,12,16,19-20H,6,8,10-11,13-14H2,1-4H3,(H,28,31)(H,29,33)(H,30,32);12-14H,7-11H2,1-6H3,(H,22,25)(H,23,26)(H,24,28);9-11H,4-8,17H2,1-3H3,(H,18,20)(H,19,21);7H,6H2,1-5H3,(H,13,16)(H,14,15);2-4,6H,5H2,1H3,(H,12,13);6-7H,2-5,10H2,1H3,(H,11,12)/t16-,19-,20-;12-,13-,14-;9-,10-,11-;7-;;6-,7-/m0000.0/s1. The predicted octanol–water partition coefficient (Wildman–Crippen LogP) is 6.67. The summed E-state index contributed by atoms with van der Waals surface area (Å²) in [6.07, 6.45) is 7.78. The van der Waals surface area contributed by atoms with E-state index in [1.807, 2.05) is 30.3 Å². The summed E-state index contributed by atoms with van der Waals surface area (Å²) >= 11 is 0. The number of halogens is 4. The predicted molar refractivity (Wildman–Crippen MR) is 483 cm³/mol. The maximum Gasteiger partial charge on any atom is 0.408 e. The monoisotopic (exact) mass is 1900 g/mol. The second kappa shape index (κ2) is 54.0.